The van der Waals surface area contributed by atoms with E-state index in [0.717, 1.165) is 32.4 Å². The number of nitrogens with zero attached hydrogens (tertiary/aromatic N) is 1. The zero-order chi connectivity index (χ0) is 14.5. The van der Waals surface area contributed by atoms with Gasteiger partial charge in [-0.25, -0.2) is 4.79 Å². The van der Waals surface area contributed by atoms with E-state index in [9.17, 15) is 9.82 Å². The summed E-state index contributed by atoms with van der Waals surface area (Å²) in [5.41, 5.74) is 1.85. The van der Waals surface area contributed by atoms with Crippen LogP contribution in [0, 0.1) is 5.92 Å². The van der Waals surface area contributed by atoms with Gasteiger partial charge in [-0.15, -0.1) is 0 Å². The van der Waals surface area contributed by atoms with Gasteiger partial charge in [-0.2, -0.15) is 0 Å². The largest absolute Gasteiger partial charge is 0.465 e. The highest BCUT2D eigenvalue weighted by atomic mass is 16.5. The molecule has 0 aliphatic carbocycles. The van der Waals surface area contributed by atoms with Crippen molar-refractivity contribution < 1.29 is 14.6 Å². The predicted octanol–water partition coefficient (Wildman–Crippen LogP) is 1.84. The second-order valence-corrected chi connectivity index (χ2v) is 5.50. The van der Waals surface area contributed by atoms with E-state index >= 15 is 0 Å². The topological polar surface area (TPSA) is 49.8 Å². The average molecular weight is 275 g/mol. The molecular formula is C15H22BNO3. The fourth-order valence-corrected chi connectivity index (χ4v) is 2.76. The van der Waals surface area contributed by atoms with Crippen LogP contribution in [0.3, 0.4) is 0 Å². The molecule has 1 aliphatic rings. The van der Waals surface area contributed by atoms with E-state index in [4.69, 9.17) is 4.74 Å². The summed E-state index contributed by atoms with van der Waals surface area (Å²) in [6.07, 6.45) is 3.27. The van der Waals surface area contributed by atoms with Crippen LogP contribution in [0.4, 0.5) is 0 Å². The van der Waals surface area contributed by atoms with E-state index < -0.39 is 0 Å². The van der Waals surface area contributed by atoms with Gasteiger partial charge in [-0.05, 0) is 62.8 Å². The summed E-state index contributed by atoms with van der Waals surface area (Å²) in [6, 6.07) is 7.67. The Kier molecular flexibility index (Phi) is 5.20. The van der Waals surface area contributed by atoms with Crippen LogP contribution < -0.4 is 0 Å². The molecule has 1 aromatic carbocycles. The molecule has 1 saturated heterocycles. The number of ether oxygens (including phenoxy) is 1. The molecule has 1 aromatic rings. The molecule has 2 rings (SSSR count). The first-order chi connectivity index (χ1) is 9.60. The molecule has 0 spiro atoms. The standard InChI is InChI=1S/C15H22BNO3/c1-16(19)17-9-7-13(8-10-17)11-12-3-5-14(6-4-12)15(18)20-2/h3-6,13,19H,7-11H2,1-2H3. The van der Waals surface area contributed by atoms with E-state index in [1.165, 1.54) is 12.7 Å². The first-order valence-corrected chi connectivity index (χ1v) is 7.19. The van der Waals surface area contributed by atoms with Crippen molar-refractivity contribution in [2.75, 3.05) is 20.2 Å². The first kappa shape index (κ1) is 15.1. The molecule has 0 aromatic heterocycles. The van der Waals surface area contributed by atoms with Crippen molar-refractivity contribution >= 4 is 13.0 Å². The minimum Gasteiger partial charge on any atom is -0.465 e. The maximum absolute atomic E-state index is 11.4. The molecule has 4 nitrogen and oxygen atoms in total. The SMILES string of the molecule is COC(=O)c1ccc(CC2CCN(B(C)O)CC2)cc1. The number of rotatable bonds is 4. The fourth-order valence-electron chi connectivity index (χ4n) is 2.76. The van der Waals surface area contributed by atoms with Gasteiger partial charge < -0.3 is 14.6 Å². The number of carbonyl (C=O) groups is 1. The lowest BCUT2D eigenvalue weighted by Crippen LogP contribution is -2.43. The number of piperidine rings is 1. The van der Waals surface area contributed by atoms with Gasteiger partial charge in [0, 0.05) is 0 Å². The second-order valence-electron chi connectivity index (χ2n) is 5.50. The highest BCUT2D eigenvalue weighted by molar-refractivity contribution is 6.45. The summed E-state index contributed by atoms with van der Waals surface area (Å²) in [7, 11) is 1.06. The fraction of sp³-hybridized carbons (Fsp3) is 0.533. The third-order valence-corrected chi connectivity index (χ3v) is 4.08. The molecule has 0 radical (unpaired) electrons. The van der Waals surface area contributed by atoms with Crippen molar-refractivity contribution in [2.24, 2.45) is 5.92 Å². The van der Waals surface area contributed by atoms with E-state index in [1.54, 1.807) is 0 Å². The summed E-state index contributed by atoms with van der Waals surface area (Å²) in [5.74, 6) is 0.371. The lowest BCUT2D eigenvalue weighted by atomic mass is 9.80. The highest BCUT2D eigenvalue weighted by Crippen LogP contribution is 2.22. The summed E-state index contributed by atoms with van der Waals surface area (Å²) in [4.78, 5) is 13.5. The number of carbonyl (C=O) groups excluding carboxylic acids is 1. The third-order valence-electron chi connectivity index (χ3n) is 4.08. The van der Waals surface area contributed by atoms with Crippen LogP contribution in [0.25, 0.3) is 0 Å². The minimum absolute atomic E-state index is 0.290. The molecular weight excluding hydrogens is 253 g/mol. The summed E-state index contributed by atoms with van der Waals surface area (Å²) < 4.78 is 4.69. The third kappa shape index (κ3) is 3.84. The summed E-state index contributed by atoms with van der Waals surface area (Å²) >= 11 is 0. The Balaban J connectivity index is 1.87. The zero-order valence-corrected chi connectivity index (χ0v) is 12.2. The van der Waals surface area contributed by atoms with E-state index in [2.05, 4.69) is 4.81 Å². The molecule has 0 amide bonds. The van der Waals surface area contributed by atoms with E-state index in [1.807, 2.05) is 31.1 Å². The maximum Gasteiger partial charge on any atom is 0.376 e. The Hall–Kier alpha value is -1.33. The molecule has 1 fully saturated rings. The van der Waals surface area contributed by atoms with Crippen LogP contribution in [0.5, 0.6) is 0 Å². The number of methoxy groups -OCH3 is 1. The van der Waals surface area contributed by atoms with Crippen molar-refractivity contribution in [2.45, 2.75) is 26.1 Å². The van der Waals surface area contributed by atoms with Crippen molar-refractivity contribution in [3.05, 3.63) is 35.4 Å². The Morgan fingerprint density at radius 3 is 2.45 bits per heavy atom. The van der Waals surface area contributed by atoms with Gasteiger partial charge in [0.1, 0.15) is 0 Å². The van der Waals surface area contributed by atoms with E-state index in [0.29, 0.717) is 11.5 Å². The van der Waals surface area contributed by atoms with Crippen LogP contribution >= 0.6 is 0 Å². The number of benzene rings is 1. The van der Waals surface area contributed by atoms with Crippen LogP contribution in [0.2, 0.25) is 6.82 Å². The Morgan fingerprint density at radius 2 is 1.95 bits per heavy atom. The molecule has 108 valence electrons. The zero-order valence-electron chi connectivity index (χ0n) is 12.2. The number of esters is 1. The van der Waals surface area contributed by atoms with Gasteiger partial charge in [-0.1, -0.05) is 12.1 Å². The van der Waals surface area contributed by atoms with Gasteiger partial charge in [0.25, 0.3) is 0 Å². The number of hydrogen-bond acceptors (Lipinski definition) is 4. The monoisotopic (exact) mass is 275 g/mol. The normalized spacial score (nSPS) is 16.9. The van der Waals surface area contributed by atoms with Gasteiger partial charge in [0.2, 0.25) is 0 Å². The molecule has 1 aliphatic heterocycles. The molecule has 1 heterocycles. The Morgan fingerprint density at radius 1 is 1.35 bits per heavy atom. The van der Waals surface area contributed by atoms with Crippen molar-refractivity contribution in [3.8, 4) is 0 Å². The maximum atomic E-state index is 11.4. The molecule has 0 saturated carbocycles. The quantitative estimate of drug-likeness (QED) is 0.673. The first-order valence-electron chi connectivity index (χ1n) is 7.19. The summed E-state index contributed by atoms with van der Waals surface area (Å²) in [6.45, 7) is 3.75. The lowest BCUT2D eigenvalue weighted by Gasteiger charge is -2.32. The van der Waals surface area contributed by atoms with Crippen molar-refractivity contribution in [1.29, 1.82) is 0 Å². The van der Waals surface area contributed by atoms with Gasteiger partial charge >= 0.3 is 13.0 Å². The minimum atomic E-state index is -0.338. The average Bonchev–Trinajstić information content (AvgIpc) is 2.48. The van der Waals surface area contributed by atoms with Crippen molar-refractivity contribution in [3.63, 3.8) is 0 Å². The Labute approximate surface area is 120 Å². The van der Waals surface area contributed by atoms with Crippen LogP contribution in [0.15, 0.2) is 24.3 Å². The van der Waals surface area contributed by atoms with Crippen molar-refractivity contribution in [1.82, 2.24) is 4.81 Å². The molecule has 0 unspecified atom stereocenters. The molecule has 5 heteroatoms. The van der Waals surface area contributed by atoms with Gasteiger partial charge in [0.05, 0.1) is 12.7 Å². The van der Waals surface area contributed by atoms with E-state index in [-0.39, 0.29) is 13.0 Å². The second kappa shape index (κ2) is 6.91. The van der Waals surface area contributed by atoms with Gasteiger partial charge in [0.15, 0.2) is 0 Å². The molecule has 0 bridgehead atoms. The lowest BCUT2D eigenvalue weighted by molar-refractivity contribution is 0.0600. The smallest absolute Gasteiger partial charge is 0.376 e. The van der Waals surface area contributed by atoms with Gasteiger partial charge in [-0.3, -0.25) is 0 Å². The van der Waals surface area contributed by atoms with Crippen LogP contribution in [-0.4, -0.2) is 43.1 Å². The number of hydrogen-bond donors (Lipinski definition) is 1. The van der Waals surface area contributed by atoms with Crippen LogP contribution in [0.1, 0.15) is 28.8 Å². The van der Waals surface area contributed by atoms with Crippen LogP contribution in [-0.2, 0) is 11.2 Å². The predicted molar refractivity (Wildman–Crippen MR) is 79.6 cm³/mol. The summed E-state index contributed by atoms with van der Waals surface area (Å²) in [5, 5.41) is 9.54. The highest BCUT2D eigenvalue weighted by Gasteiger charge is 2.23. The molecule has 20 heavy (non-hydrogen) atoms. The Bertz CT molecular complexity index is 439. The molecule has 0 atom stereocenters. The molecule has 1 N–H and O–H groups in total.